The Bertz CT molecular complexity index is 743. The van der Waals surface area contributed by atoms with Gasteiger partial charge in [0.15, 0.2) is 9.84 Å². The van der Waals surface area contributed by atoms with Crippen LogP contribution in [0, 0.1) is 16.0 Å². The van der Waals surface area contributed by atoms with Crippen LogP contribution in [0.5, 0.6) is 0 Å². The van der Waals surface area contributed by atoms with E-state index in [0.29, 0.717) is 0 Å². The van der Waals surface area contributed by atoms with Crippen LogP contribution in [0.25, 0.3) is 0 Å². The highest BCUT2D eigenvalue weighted by Crippen LogP contribution is 2.21. The number of aliphatic carboxylic acids is 1. The standard InChI is InChI=1S/C13H16N2O7S/c1-8(3-12(16)17)7-14-13(18)9-4-10(15(19)20)6-11(5-9)23(2,21)22/h4-6,8H,3,7H2,1-2H3,(H,14,18)(H,16,17). The zero-order valence-corrected chi connectivity index (χ0v) is 13.3. The third-order valence-corrected chi connectivity index (χ3v) is 4.02. The molecule has 1 rings (SSSR count). The van der Waals surface area contributed by atoms with Crippen molar-refractivity contribution in [1.29, 1.82) is 0 Å². The molecule has 2 N–H and O–H groups in total. The Morgan fingerprint density at radius 1 is 1.35 bits per heavy atom. The molecular formula is C13H16N2O7S. The number of carbonyl (C=O) groups excluding carboxylic acids is 1. The second kappa shape index (κ2) is 7.18. The average molecular weight is 344 g/mol. The predicted molar refractivity (Wildman–Crippen MR) is 80.0 cm³/mol. The number of rotatable bonds is 7. The summed E-state index contributed by atoms with van der Waals surface area (Å²) in [5.41, 5.74) is -0.696. The van der Waals surface area contributed by atoms with Crippen LogP contribution in [0.3, 0.4) is 0 Å². The first kappa shape index (κ1) is 18.6. The molecule has 1 amide bonds. The minimum absolute atomic E-state index is 0.0437. The van der Waals surface area contributed by atoms with Crippen LogP contribution in [0.15, 0.2) is 23.1 Å². The summed E-state index contributed by atoms with van der Waals surface area (Å²) in [4.78, 5) is 32.3. The highest BCUT2D eigenvalue weighted by Gasteiger charge is 2.19. The number of nitrogens with one attached hydrogen (secondary N) is 1. The van der Waals surface area contributed by atoms with E-state index in [-0.39, 0.29) is 29.3 Å². The van der Waals surface area contributed by atoms with Crippen LogP contribution in [0.4, 0.5) is 5.69 Å². The van der Waals surface area contributed by atoms with Crippen molar-refractivity contribution in [2.24, 2.45) is 5.92 Å². The van der Waals surface area contributed by atoms with Crippen molar-refractivity contribution in [3.05, 3.63) is 33.9 Å². The lowest BCUT2D eigenvalue weighted by molar-refractivity contribution is -0.385. The normalized spacial score (nSPS) is 12.4. The second-order valence-electron chi connectivity index (χ2n) is 5.16. The van der Waals surface area contributed by atoms with Crippen molar-refractivity contribution in [3.63, 3.8) is 0 Å². The zero-order valence-electron chi connectivity index (χ0n) is 12.5. The number of benzene rings is 1. The molecular weight excluding hydrogens is 328 g/mol. The average Bonchev–Trinajstić information content (AvgIpc) is 2.42. The number of nitro groups is 1. The summed E-state index contributed by atoms with van der Waals surface area (Å²) in [5, 5.41) is 21.9. The molecule has 0 aliphatic heterocycles. The van der Waals surface area contributed by atoms with Crippen LogP contribution < -0.4 is 5.32 Å². The monoisotopic (exact) mass is 344 g/mol. The van der Waals surface area contributed by atoms with Gasteiger partial charge in [0.1, 0.15) is 0 Å². The molecule has 0 saturated heterocycles. The minimum Gasteiger partial charge on any atom is -0.481 e. The van der Waals surface area contributed by atoms with E-state index in [0.717, 1.165) is 24.5 Å². The van der Waals surface area contributed by atoms with Crippen LogP contribution in [0.2, 0.25) is 0 Å². The summed E-state index contributed by atoms with van der Waals surface area (Å²) in [5.74, 6) is -2.07. The van der Waals surface area contributed by atoms with Gasteiger partial charge in [0.2, 0.25) is 0 Å². The molecule has 0 heterocycles. The Morgan fingerprint density at radius 2 is 1.96 bits per heavy atom. The summed E-state index contributed by atoms with van der Waals surface area (Å²) >= 11 is 0. The number of carbonyl (C=O) groups is 2. The smallest absolute Gasteiger partial charge is 0.303 e. The van der Waals surface area contributed by atoms with Gasteiger partial charge in [-0.1, -0.05) is 6.92 Å². The molecule has 0 spiro atoms. The molecule has 9 nitrogen and oxygen atoms in total. The van der Waals surface area contributed by atoms with Crippen molar-refractivity contribution >= 4 is 27.4 Å². The van der Waals surface area contributed by atoms with E-state index >= 15 is 0 Å². The Morgan fingerprint density at radius 3 is 2.43 bits per heavy atom. The number of hydrogen-bond acceptors (Lipinski definition) is 6. The van der Waals surface area contributed by atoms with E-state index in [9.17, 15) is 28.1 Å². The molecule has 0 aromatic heterocycles. The summed E-state index contributed by atoms with van der Waals surface area (Å²) in [6.07, 6.45) is 0.729. The van der Waals surface area contributed by atoms with Crippen LogP contribution in [-0.2, 0) is 14.6 Å². The SMILES string of the molecule is CC(CNC(=O)c1cc([N+](=O)[O-])cc(S(C)(=O)=O)c1)CC(=O)O. The lowest BCUT2D eigenvalue weighted by Crippen LogP contribution is -2.29. The lowest BCUT2D eigenvalue weighted by atomic mass is 10.1. The third kappa shape index (κ3) is 5.66. The molecule has 1 aromatic carbocycles. The van der Waals surface area contributed by atoms with Crippen molar-refractivity contribution in [1.82, 2.24) is 5.32 Å². The maximum absolute atomic E-state index is 12.0. The quantitative estimate of drug-likeness (QED) is 0.551. The molecule has 1 atom stereocenters. The molecule has 1 aromatic rings. The van der Waals surface area contributed by atoms with Gasteiger partial charge >= 0.3 is 5.97 Å². The number of carboxylic acid groups (broad SMARTS) is 1. The van der Waals surface area contributed by atoms with Gasteiger partial charge < -0.3 is 10.4 Å². The molecule has 0 fully saturated rings. The van der Waals surface area contributed by atoms with Gasteiger partial charge in [-0.15, -0.1) is 0 Å². The fourth-order valence-electron chi connectivity index (χ4n) is 1.77. The van der Waals surface area contributed by atoms with Crippen molar-refractivity contribution in [3.8, 4) is 0 Å². The molecule has 0 aliphatic rings. The first-order valence-electron chi connectivity index (χ1n) is 6.50. The van der Waals surface area contributed by atoms with Gasteiger partial charge in [-0.2, -0.15) is 0 Å². The second-order valence-corrected chi connectivity index (χ2v) is 7.17. The van der Waals surface area contributed by atoms with Crippen molar-refractivity contribution < 1.29 is 28.0 Å². The van der Waals surface area contributed by atoms with Crippen LogP contribution in [0.1, 0.15) is 23.7 Å². The van der Waals surface area contributed by atoms with Gasteiger partial charge in [-0.25, -0.2) is 8.42 Å². The zero-order chi connectivity index (χ0) is 17.8. The lowest BCUT2D eigenvalue weighted by Gasteiger charge is -2.11. The Balaban J connectivity index is 3.02. The number of non-ortho nitro benzene ring substituents is 1. The first-order chi connectivity index (χ1) is 10.5. The van der Waals surface area contributed by atoms with E-state index in [4.69, 9.17) is 5.11 Å². The van der Waals surface area contributed by atoms with E-state index in [2.05, 4.69) is 5.32 Å². The topological polar surface area (TPSA) is 144 Å². The minimum atomic E-state index is -3.72. The molecule has 23 heavy (non-hydrogen) atoms. The molecule has 0 saturated carbocycles. The van der Waals surface area contributed by atoms with Crippen molar-refractivity contribution in [2.45, 2.75) is 18.2 Å². The largest absolute Gasteiger partial charge is 0.481 e. The summed E-state index contributed by atoms with van der Waals surface area (Å²) < 4.78 is 23.1. The number of sulfone groups is 1. The highest BCUT2D eigenvalue weighted by molar-refractivity contribution is 7.90. The fourth-order valence-corrected chi connectivity index (χ4v) is 2.45. The Hall–Kier alpha value is -2.49. The number of nitro benzene ring substituents is 1. The molecule has 126 valence electrons. The predicted octanol–water partition coefficient (Wildman–Crippen LogP) is 0.839. The van der Waals surface area contributed by atoms with Crippen molar-refractivity contribution in [2.75, 3.05) is 12.8 Å². The van der Waals surface area contributed by atoms with Gasteiger partial charge in [0.05, 0.1) is 9.82 Å². The Labute approximate surface area is 132 Å². The molecule has 0 bridgehead atoms. The van der Waals surface area contributed by atoms with E-state index in [1.165, 1.54) is 0 Å². The number of hydrogen-bond donors (Lipinski definition) is 2. The number of carboxylic acids is 1. The van der Waals surface area contributed by atoms with Crippen LogP contribution in [-0.4, -0.2) is 43.1 Å². The maximum atomic E-state index is 12.0. The fraction of sp³-hybridized carbons (Fsp3) is 0.385. The molecule has 10 heteroatoms. The first-order valence-corrected chi connectivity index (χ1v) is 8.39. The molecule has 0 aliphatic carbocycles. The Kier molecular flexibility index (Phi) is 5.79. The number of amides is 1. The van der Waals surface area contributed by atoms with Crippen LogP contribution >= 0.6 is 0 Å². The van der Waals surface area contributed by atoms with Gasteiger partial charge in [0.25, 0.3) is 11.6 Å². The van der Waals surface area contributed by atoms with Gasteiger partial charge in [0, 0.05) is 36.9 Å². The number of nitrogens with zero attached hydrogens (tertiary/aromatic N) is 1. The summed E-state index contributed by atoms with van der Waals surface area (Å²) in [7, 11) is -3.72. The summed E-state index contributed by atoms with van der Waals surface area (Å²) in [6.45, 7) is 1.66. The maximum Gasteiger partial charge on any atom is 0.303 e. The van der Waals surface area contributed by atoms with Gasteiger partial charge in [-0.3, -0.25) is 19.7 Å². The van der Waals surface area contributed by atoms with E-state index < -0.39 is 32.3 Å². The summed E-state index contributed by atoms with van der Waals surface area (Å²) in [6, 6.07) is 2.88. The van der Waals surface area contributed by atoms with E-state index in [1.54, 1.807) is 6.92 Å². The third-order valence-electron chi connectivity index (χ3n) is 2.93. The van der Waals surface area contributed by atoms with E-state index in [1.807, 2.05) is 0 Å². The molecule has 0 radical (unpaired) electrons. The highest BCUT2D eigenvalue weighted by atomic mass is 32.2. The van der Waals surface area contributed by atoms with Gasteiger partial charge in [-0.05, 0) is 12.0 Å². The molecule has 1 unspecified atom stereocenters.